The van der Waals surface area contributed by atoms with Crippen LogP contribution in [0.25, 0.3) is 10.1 Å². The molecule has 0 saturated carbocycles. The molecule has 0 aliphatic heterocycles. The summed E-state index contributed by atoms with van der Waals surface area (Å²) in [5.74, 6) is 0. The second-order valence-electron chi connectivity index (χ2n) is 5.05. The molecule has 0 radical (unpaired) electrons. The van der Waals surface area contributed by atoms with Gasteiger partial charge in [0.05, 0.1) is 0 Å². The van der Waals surface area contributed by atoms with Crippen molar-refractivity contribution in [2.24, 2.45) is 5.73 Å². The Morgan fingerprint density at radius 2 is 1.75 bits per heavy atom. The van der Waals surface area contributed by atoms with Gasteiger partial charge >= 0.3 is 0 Å². The molecule has 2 aromatic carbocycles. The fourth-order valence-corrected chi connectivity index (χ4v) is 3.57. The Morgan fingerprint density at radius 3 is 2.55 bits per heavy atom. The van der Waals surface area contributed by atoms with Crippen LogP contribution < -0.4 is 5.73 Å². The van der Waals surface area contributed by atoms with E-state index in [0.717, 1.165) is 17.9 Å². The van der Waals surface area contributed by atoms with Crippen molar-refractivity contribution in [2.45, 2.75) is 18.9 Å². The van der Waals surface area contributed by atoms with Crippen LogP contribution in [0.5, 0.6) is 0 Å². The van der Waals surface area contributed by atoms with Crippen LogP contribution in [-0.2, 0) is 12.8 Å². The molecule has 1 unspecified atom stereocenters. The van der Waals surface area contributed by atoms with Crippen molar-refractivity contribution in [3.05, 3.63) is 70.1 Å². The van der Waals surface area contributed by atoms with Crippen molar-refractivity contribution in [1.29, 1.82) is 0 Å². The summed E-state index contributed by atoms with van der Waals surface area (Å²) in [6.45, 7) is 0. The summed E-state index contributed by atoms with van der Waals surface area (Å²) in [4.78, 5) is 0. The van der Waals surface area contributed by atoms with E-state index in [2.05, 4.69) is 29.6 Å². The molecule has 102 valence electrons. The van der Waals surface area contributed by atoms with Crippen molar-refractivity contribution in [2.75, 3.05) is 0 Å². The van der Waals surface area contributed by atoms with E-state index in [1.54, 1.807) is 11.3 Å². The fourth-order valence-electron chi connectivity index (χ4n) is 2.47. The molecule has 0 saturated heterocycles. The summed E-state index contributed by atoms with van der Waals surface area (Å²) < 4.78 is 1.33. The van der Waals surface area contributed by atoms with Gasteiger partial charge in [0.1, 0.15) is 0 Å². The molecule has 3 aromatic rings. The minimum Gasteiger partial charge on any atom is -0.327 e. The van der Waals surface area contributed by atoms with Crippen LogP contribution in [-0.4, -0.2) is 6.04 Å². The van der Waals surface area contributed by atoms with Crippen LogP contribution >= 0.6 is 22.9 Å². The SMILES string of the molecule is NC(Cc1ccc(Cl)cc1)Cc1csc2ccccc12. The molecule has 0 spiro atoms. The first-order valence-electron chi connectivity index (χ1n) is 6.67. The number of halogens is 1. The topological polar surface area (TPSA) is 26.0 Å². The van der Waals surface area contributed by atoms with Gasteiger partial charge in [-0.05, 0) is 52.9 Å². The number of thiophene rings is 1. The molecule has 0 amide bonds. The second-order valence-corrected chi connectivity index (χ2v) is 6.40. The number of hydrogen-bond donors (Lipinski definition) is 1. The highest BCUT2D eigenvalue weighted by atomic mass is 35.5. The van der Waals surface area contributed by atoms with E-state index < -0.39 is 0 Å². The standard InChI is InChI=1S/C17H16ClNS/c18-14-7-5-12(6-8-14)9-15(19)10-13-11-20-17-4-2-1-3-16(13)17/h1-8,11,15H,9-10,19H2. The van der Waals surface area contributed by atoms with Gasteiger partial charge in [0.2, 0.25) is 0 Å². The lowest BCUT2D eigenvalue weighted by Crippen LogP contribution is -2.25. The molecule has 0 bridgehead atoms. The highest BCUT2D eigenvalue weighted by molar-refractivity contribution is 7.17. The first-order chi connectivity index (χ1) is 9.72. The maximum absolute atomic E-state index is 6.30. The normalized spacial score (nSPS) is 12.7. The van der Waals surface area contributed by atoms with Gasteiger partial charge in [-0.3, -0.25) is 0 Å². The van der Waals surface area contributed by atoms with Crippen molar-refractivity contribution >= 4 is 33.0 Å². The van der Waals surface area contributed by atoms with Crippen molar-refractivity contribution in [3.63, 3.8) is 0 Å². The molecule has 1 heterocycles. The molecule has 0 aliphatic rings. The Balaban J connectivity index is 1.72. The molecule has 3 heteroatoms. The van der Waals surface area contributed by atoms with E-state index in [-0.39, 0.29) is 6.04 Å². The lowest BCUT2D eigenvalue weighted by atomic mass is 9.99. The third-order valence-electron chi connectivity index (χ3n) is 3.45. The summed E-state index contributed by atoms with van der Waals surface area (Å²) >= 11 is 7.69. The zero-order valence-corrected chi connectivity index (χ0v) is 12.6. The van der Waals surface area contributed by atoms with Crippen LogP contribution in [0.2, 0.25) is 5.02 Å². The number of benzene rings is 2. The van der Waals surface area contributed by atoms with Crippen molar-refractivity contribution in [3.8, 4) is 0 Å². The van der Waals surface area contributed by atoms with E-state index in [0.29, 0.717) is 0 Å². The highest BCUT2D eigenvalue weighted by Crippen LogP contribution is 2.26. The van der Waals surface area contributed by atoms with Gasteiger partial charge in [-0.15, -0.1) is 11.3 Å². The molecule has 0 fully saturated rings. The Bertz CT molecular complexity index is 702. The largest absolute Gasteiger partial charge is 0.327 e. The molecular weight excluding hydrogens is 286 g/mol. The van der Waals surface area contributed by atoms with Crippen LogP contribution in [0.15, 0.2) is 53.9 Å². The van der Waals surface area contributed by atoms with Crippen LogP contribution in [0.4, 0.5) is 0 Å². The second kappa shape index (κ2) is 5.96. The number of fused-ring (bicyclic) bond motifs is 1. The summed E-state index contributed by atoms with van der Waals surface area (Å²) in [5.41, 5.74) is 8.89. The molecule has 20 heavy (non-hydrogen) atoms. The van der Waals surface area contributed by atoms with Gasteiger partial charge in [0.15, 0.2) is 0 Å². The highest BCUT2D eigenvalue weighted by Gasteiger charge is 2.09. The Kier molecular flexibility index (Phi) is 4.06. The summed E-state index contributed by atoms with van der Waals surface area (Å²) in [6.07, 6.45) is 1.79. The van der Waals surface area contributed by atoms with E-state index >= 15 is 0 Å². The van der Waals surface area contributed by atoms with Gasteiger partial charge < -0.3 is 5.73 Å². The van der Waals surface area contributed by atoms with Gasteiger partial charge in [0.25, 0.3) is 0 Å². The van der Waals surface area contributed by atoms with E-state index in [1.807, 2.05) is 24.3 Å². The monoisotopic (exact) mass is 301 g/mol. The van der Waals surface area contributed by atoms with Crippen LogP contribution in [0, 0.1) is 0 Å². The maximum Gasteiger partial charge on any atom is 0.0406 e. The quantitative estimate of drug-likeness (QED) is 0.745. The summed E-state index contributed by atoms with van der Waals surface area (Å²) in [7, 11) is 0. The first-order valence-corrected chi connectivity index (χ1v) is 7.93. The fraction of sp³-hybridized carbons (Fsp3) is 0.176. The predicted octanol–water partition coefficient (Wildman–Crippen LogP) is 4.67. The zero-order valence-electron chi connectivity index (χ0n) is 11.1. The molecule has 1 aromatic heterocycles. The average Bonchev–Trinajstić information content (AvgIpc) is 2.85. The molecule has 1 atom stereocenters. The van der Waals surface area contributed by atoms with Gasteiger partial charge in [-0.1, -0.05) is 41.9 Å². The zero-order chi connectivity index (χ0) is 13.9. The Labute approximate surface area is 128 Å². The lowest BCUT2D eigenvalue weighted by Gasteiger charge is -2.11. The van der Waals surface area contributed by atoms with Gasteiger partial charge in [-0.2, -0.15) is 0 Å². The molecule has 2 N–H and O–H groups in total. The summed E-state index contributed by atoms with van der Waals surface area (Å²) in [5, 5.41) is 4.34. The van der Waals surface area contributed by atoms with E-state index in [1.165, 1.54) is 21.2 Å². The predicted molar refractivity (Wildman–Crippen MR) is 88.7 cm³/mol. The number of rotatable bonds is 4. The minimum atomic E-state index is 0.134. The lowest BCUT2D eigenvalue weighted by molar-refractivity contribution is 0.668. The van der Waals surface area contributed by atoms with Gasteiger partial charge in [0, 0.05) is 15.8 Å². The molecule has 3 rings (SSSR count). The van der Waals surface area contributed by atoms with Crippen molar-refractivity contribution < 1.29 is 0 Å². The molecule has 1 nitrogen and oxygen atoms in total. The van der Waals surface area contributed by atoms with E-state index in [4.69, 9.17) is 17.3 Å². The minimum absolute atomic E-state index is 0.134. The maximum atomic E-state index is 6.30. The average molecular weight is 302 g/mol. The summed E-state index contributed by atoms with van der Waals surface area (Å²) in [6, 6.07) is 16.6. The number of hydrogen-bond acceptors (Lipinski definition) is 2. The first kappa shape index (κ1) is 13.6. The third-order valence-corrected chi connectivity index (χ3v) is 4.72. The van der Waals surface area contributed by atoms with Crippen molar-refractivity contribution in [1.82, 2.24) is 0 Å². The molecular formula is C17H16ClNS. The van der Waals surface area contributed by atoms with Gasteiger partial charge in [-0.25, -0.2) is 0 Å². The smallest absolute Gasteiger partial charge is 0.0406 e. The Morgan fingerprint density at radius 1 is 1.00 bits per heavy atom. The van der Waals surface area contributed by atoms with E-state index in [9.17, 15) is 0 Å². The Hall–Kier alpha value is -1.35. The van der Waals surface area contributed by atoms with Crippen LogP contribution in [0.1, 0.15) is 11.1 Å². The third kappa shape index (κ3) is 3.04. The molecule has 0 aliphatic carbocycles. The number of nitrogens with two attached hydrogens (primary N) is 1. The van der Waals surface area contributed by atoms with Crippen LogP contribution in [0.3, 0.4) is 0 Å².